The van der Waals surface area contributed by atoms with Gasteiger partial charge in [-0.3, -0.25) is 9.59 Å². The molecule has 144 valence electrons. The zero-order chi connectivity index (χ0) is 20.1. The molecule has 27 heavy (non-hydrogen) atoms. The van der Waals surface area contributed by atoms with Gasteiger partial charge in [0.1, 0.15) is 11.8 Å². The molecule has 2 amide bonds. The number of benzene rings is 2. The number of rotatable bonds is 6. The Balaban J connectivity index is 2.17. The molecule has 0 heterocycles. The van der Waals surface area contributed by atoms with Gasteiger partial charge in [0.15, 0.2) is 17.7 Å². The van der Waals surface area contributed by atoms with Crippen molar-refractivity contribution in [1.29, 1.82) is 0 Å². The lowest BCUT2D eigenvalue weighted by molar-refractivity contribution is -0.132. The summed E-state index contributed by atoms with van der Waals surface area (Å²) in [7, 11) is 1.38. The third-order valence-corrected chi connectivity index (χ3v) is 4.45. The predicted octanol–water partition coefficient (Wildman–Crippen LogP) is 3.41. The highest BCUT2D eigenvalue weighted by Crippen LogP contribution is 2.27. The summed E-state index contributed by atoms with van der Waals surface area (Å²) in [6.45, 7) is 3.44. The molecule has 0 fully saturated rings. The molecule has 0 bridgehead atoms. The lowest BCUT2D eigenvalue weighted by Crippen LogP contribution is -2.44. The Morgan fingerprint density at radius 1 is 1.07 bits per heavy atom. The third kappa shape index (κ3) is 5.26. The van der Waals surface area contributed by atoms with E-state index in [1.165, 1.54) is 20.0 Å². The zero-order valence-electron chi connectivity index (χ0n) is 15.0. The molecule has 0 aromatic heterocycles. The van der Waals surface area contributed by atoms with Gasteiger partial charge in [-0.25, -0.2) is 8.78 Å². The summed E-state index contributed by atoms with van der Waals surface area (Å²) in [5, 5.41) is 4.89. The minimum atomic E-state index is -1.19. The zero-order valence-corrected chi connectivity index (χ0v) is 16.6. The number of carbonyl (C=O) groups is 2. The number of aryl methyl sites for hydroxylation is 1. The highest BCUT2D eigenvalue weighted by molar-refractivity contribution is 9.10. The lowest BCUT2D eigenvalue weighted by Gasteiger charge is -2.21. The fourth-order valence-electron chi connectivity index (χ4n) is 2.34. The monoisotopic (exact) mass is 440 g/mol. The molecule has 2 rings (SSSR count). The Bertz CT molecular complexity index is 861. The normalized spacial score (nSPS) is 12.8. The number of halogens is 3. The van der Waals surface area contributed by atoms with Crippen molar-refractivity contribution >= 4 is 27.7 Å². The molecular formula is C19H19BrF2N2O3. The summed E-state index contributed by atoms with van der Waals surface area (Å²) < 4.78 is 33.0. The van der Waals surface area contributed by atoms with Gasteiger partial charge in [0.25, 0.3) is 5.91 Å². The second-order valence-corrected chi connectivity index (χ2v) is 6.78. The standard InChI is InChI=1S/C19H19BrF2N2O3/c1-10-4-7-16(13(20)8-10)27-11(2)18(25)24-17(19(26)23-3)12-5-6-14(21)15(22)9-12/h4-9,11,17H,1-3H3,(H,23,26)(H,24,25). The molecule has 0 saturated carbocycles. The van der Waals surface area contributed by atoms with Crippen LogP contribution < -0.4 is 15.4 Å². The van der Waals surface area contributed by atoms with Crippen LogP contribution in [0.3, 0.4) is 0 Å². The minimum Gasteiger partial charge on any atom is -0.480 e. The van der Waals surface area contributed by atoms with E-state index in [-0.39, 0.29) is 5.56 Å². The first-order valence-corrected chi connectivity index (χ1v) is 8.92. The van der Waals surface area contributed by atoms with E-state index in [4.69, 9.17) is 4.74 Å². The average Bonchev–Trinajstić information content (AvgIpc) is 2.63. The molecule has 0 aliphatic carbocycles. The summed E-state index contributed by atoms with van der Waals surface area (Å²) in [5.74, 6) is -2.84. The van der Waals surface area contributed by atoms with E-state index in [0.29, 0.717) is 10.2 Å². The number of hydrogen-bond donors (Lipinski definition) is 2. The van der Waals surface area contributed by atoms with Crippen molar-refractivity contribution in [2.45, 2.75) is 26.0 Å². The van der Waals surface area contributed by atoms with Crippen LogP contribution in [-0.2, 0) is 9.59 Å². The van der Waals surface area contributed by atoms with Gasteiger partial charge in [-0.05, 0) is 65.2 Å². The fraction of sp³-hybridized carbons (Fsp3) is 0.263. The van der Waals surface area contributed by atoms with Crippen molar-refractivity contribution in [3.8, 4) is 5.75 Å². The molecule has 2 aromatic rings. The molecule has 2 aromatic carbocycles. The van der Waals surface area contributed by atoms with Gasteiger partial charge in [-0.2, -0.15) is 0 Å². The van der Waals surface area contributed by atoms with Gasteiger partial charge < -0.3 is 15.4 Å². The van der Waals surface area contributed by atoms with E-state index in [9.17, 15) is 18.4 Å². The third-order valence-electron chi connectivity index (χ3n) is 3.83. The maximum Gasteiger partial charge on any atom is 0.261 e. The first kappa shape index (κ1) is 20.8. The highest BCUT2D eigenvalue weighted by Gasteiger charge is 2.26. The first-order valence-electron chi connectivity index (χ1n) is 8.12. The molecule has 0 aliphatic heterocycles. The average molecular weight is 441 g/mol. The van der Waals surface area contributed by atoms with Crippen molar-refractivity contribution < 1.29 is 23.1 Å². The van der Waals surface area contributed by atoms with Crippen molar-refractivity contribution in [2.75, 3.05) is 7.05 Å². The molecule has 0 saturated heterocycles. The minimum absolute atomic E-state index is 0.116. The van der Waals surface area contributed by atoms with E-state index >= 15 is 0 Å². The van der Waals surface area contributed by atoms with Crippen LogP contribution in [0.4, 0.5) is 8.78 Å². The Labute approximate surface area is 164 Å². The summed E-state index contributed by atoms with van der Waals surface area (Å²) in [4.78, 5) is 24.6. The summed E-state index contributed by atoms with van der Waals surface area (Å²) in [6, 6.07) is 7.21. The van der Waals surface area contributed by atoms with Crippen LogP contribution in [0, 0.1) is 18.6 Å². The molecule has 2 atom stereocenters. The number of amides is 2. The van der Waals surface area contributed by atoms with Gasteiger partial charge in [-0.1, -0.05) is 12.1 Å². The van der Waals surface area contributed by atoms with Gasteiger partial charge in [0.05, 0.1) is 4.47 Å². The molecule has 0 radical (unpaired) electrons. The Morgan fingerprint density at radius 2 is 1.78 bits per heavy atom. The lowest BCUT2D eigenvalue weighted by atomic mass is 10.1. The second-order valence-electron chi connectivity index (χ2n) is 5.92. The van der Waals surface area contributed by atoms with Crippen molar-refractivity contribution in [3.63, 3.8) is 0 Å². The number of hydrogen-bond acceptors (Lipinski definition) is 3. The quantitative estimate of drug-likeness (QED) is 0.722. The highest BCUT2D eigenvalue weighted by atomic mass is 79.9. The van der Waals surface area contributed by atoms with Crippen LogP contribution in [0.15, 0.2) is 40.9 Å². The topological polar surface area (TPSA) is 67.4 Å². The van der Waals surface area contributed by atoms with Gasteiger partial charge in [0.2, 0.25) is 5.91 Å². The van der Waals surface area contributed by atoms with Crippen molar-refractivity contribution in [3.05, 3.63) is 63.6 Å². The van der Waals surface area contributed by atoms with Crippen LogP contribution in [0.25, 0.3) is 0 Å². The van der Waals surface area contributed by atoms with E-state index in [1.807, 2.05) is 19.1 Å². The number of carbonyl (C=O) groups excluding carboxylic acids is 2. The van der Waals surface area contributed by atoms with Crippen LogP contribution in [-0.4, -0.2) is 25.0 Å². The number of nitrogens with one attached hydrogen (secondary N) is 2. The maximum atomic E-state index is 13.5. The summed E-state index contributed by atoms with van der Waals surface area (Å²) in [5.41, 5.74) is 1.13. The Morgan fingerprint density at radius 3 is 2.37 bits per heavy atom. The second kappa shape index (κ2) is 8.94. The van der Waals surface area contributed by atoms with Gasteiger partial charge >= 0.3 is 0 Å². The Kier molecular flexibility index (Phi) is 6.90. The molecule has 2 N–H and O–H groups in total. The van der Waals surface area contributed by atoms with E-state index in [1.54, 1.807) is 6.07 Å². The predicted molar refractivity (Wildman–Crippen MR) is 100 cm³/mol. The number of likely N-dealkylation sites (N-methyl/N-ethyl adjacent to an activating group) is 1. The molecule has 0 spiro atoms. The number of ether oxygens (including phenoxy) is 1. The molecular weight excluding hydrogens is 422 g/mol. The van der Waals surface area contributed by atoms with Crippen LogP contribution in [0.2, 0.25) is 0 Å². The van der Waals surface area contributed by atoms with Crippen LogP contribution >= 0.6 is 15.9 Å². The first-order chi connectivity index (χ1) is 12.7. The molecule has 8 heteroatoms. The SMILES string of the molecule is CNC(=O)C(NC(=O)C(C)Oc1ccc(C)cc1Br)c1ccc(F)c(F)c1. The summed E-state index contributed by atoms with van der Waals surface area (Å²) in [6.07, 6.45) is -0.929. The maximum absolute atomic E-state index is 13.5. The van der Waals surface area contributed by atoms with E-state index < -0.39 is 35.6 Å². The molecule has 0 aliphatic rings. The molecule has 5 nitrogen and oxygen atoms in total. The largest absolute Gasteiger partial charge is 0.480 e. The van der Waals surface area contributed by atoms with Crippen molar-refractivity contribution in [1.82, 2.24) is 10.6 Å². The smallest absolute Gasteiger partial charge is 0.261 e. The summed E-state index contributed by atoms with van der Waals surface area (Å²) >= 11 is 3.36. The van der Waals surface area contributed by atoms with Gasteiger partial charge in [0, 0.05) is 7.05 Å². The van der Waals surface area contributed by atoms with Crippen molar-refractivity contribution in [2.24, 2.45) is 0 Å². The Hall–Kier alpha value is -2.48. The fourth-order valence-corrected chi connectivity index (χ4v) is 2.93. The van der Waals surface area contributed by atoms with E-state index in [0.717, 1.165) is 17.7 Å². The van der Waals surface area contributed by atoms with Gasteiger partial charge in [-0.15, -0.1) is 0 Å². The molecule has 2 unspecified atom stereocenters. The van der Waals surface area contributed by atoms with E-state index in [2.05, 4.69) is 26.6 Å². The van der Waals surface area contributed by atoms with Crippen LogP contribution in [0.5, 0.6) is 5.75 Å². The van der Waals surface area contributed by atoms with Crippen LogP contribution in [0.1, 0.15) is 24.1 Å².